The molecule has 2 aliphatic rings. The van der Waals surface area contributed by atoms with Gasteiger partial charge in [-0.25, -0.2) is 0 Å². The maximum absolute atomic E-state index is 12.7. The first kappa shape index (κ1) is 24.9. The van der Waals surface area contributed by atoms with Gasteiger partial charge in [-0.1, -0.05) is 69.4 Å². The Hall–Kier alpha value is -2.21. The second-order valence-corrected chi connectivity index (χ2v) is 10.5. The van der Waals surface area contributed by atoms with Crippen LogP contribution in [0.5, 0.6) is 0 Å². The highest BCUT2D eigenvalue weighted by Crippen LogP contribution is 2.48. The van der Waals surface area contributed by atoms with E-state index < -0.39 is 11.7 Å². The van der Waals surface area contributed by atoms with Gasteiger partial charge < -0.3 is 0 Å². The summed E-state index contributed by atoms with van der Waals surface area (Å²) in [5.41, 5.74) is 2.27. The van der Waals surface area contributed by atoms with Crippen molar-refractivity contribution in [2.24, 2.45) is 17.8 Å². The molecule has 0 amide bonds. The zero-order valence-corrected chi connectivity index (χ0v) is 20.3. The van der Waals surface area contributed by atoms with Gasteiger partial charge in [-0.3, -0.25) is 0 Å². The summed E-state index contributed by atoms with van der Waals surface area (Å²) in [7, 11) is 0. The van der Waals surface area contributed by atoms with Crippen molar-refractivity contribution >= 4 is 0 Å². The average molecular weight is 467 g/mol. The normalized spacial score (nSPS) is 24.7. The molecule has 4 unspecified atom stereocenters. The van der Waals surface area contributed by atoms with Crippen LogP contribution in [0.3, 0.4) is 0 Å². The third-order valence-corrected chi connectivity index (χ3v) is 8.13. The topological polar surface area (TPSA) is 0 Å². The molecule has 0 bridgehead atoms. The van der Waals surface area contributed by atoms with Crippen LogP contribution < -0.4 is 0 Å². The number of halogens is 3. The van der Waals surface area contributed by atoms with Crippen LogP contribution in [0.15, 0.2) is 48.5 Å². The molecule has 2 saturated carbocycles. The summed E-state index contributed by atoms with van der Waals surface area (Å²) in [6, 6.07) is 13.6. The van der Waals surface area contributed by atoms with Crippen LogP contribution >= 0.6 is 0 Å². The van der Waals surface area contributed by atoms with Crippen molar-refractivity contribution in [3.8, 4) is 11.8 Å². The van der Waals surface area contributed by atoms with E-state index >= 15 is 0 Å². The van der Waals surface area contributed by atoms with Gasteiger partial charge in [-0.15, -0.1) is 0 Å². The molecule has 0 aliphatic heterocycles. The van der Waals surface area contributed by atoms with Gasteiger partial charge >= 0.3 is 6.18 Å². The van der Waals surface area contributed by atoms with E-state index in [1.807, 2.05) is 0 Å². The van der Waals surface area contributed by atoms with Crippen LogP contribution in [0.2, 0.25) is 0 Å². The van der Waals surface area contributed by atoms with E-state index in [1.54, 1.807) is 0 Å². The predicted octanol–water partition coefficient (Wildman–Crippen LogP) is 9.38. The second-order valence-electron chi connectivity index (χ2n) is 10.5. The monoisotopic (exact) mass is 466 g/mol. The van der Waals surface area contributed by atoms with Gasteiger partial charge in [0, 0.05) is 11.1 Å². The molecule has 2 aliphatic carbocycles. The Balaban J connectivity index is 1.29. The van der Waals surface area contributed by atoms with Crippen LogP contribution in [-0.2, 0) is 6.18 Å². The standard InChI is InChI=1S/C31H37F3/c1-2-3-4-5-6-25-11-16-29-22-28(18-17-27(29)21-25)26-14-9-23(10-15-26)7-8-24-12-19-30(20-13-24)31(32,33)34/h9-10,12-15,19-20,25,27-29H,2-6,11,16-18,21-22H2,1H3. The fourth-order valence-electron chi connectivity index (χ4n) is 6.14. The largest absolute Gasteiger partial charge is 0.416 e. The van der Waals surface area contributed by atoms with E-state index in [4.69, 9.17) is 0 Å². The number of hydrogen-bond donors (Lipinski definition) is 0. The lowest BCUT2D eigenvalue weighted by Gasteiger charge is -2.42. The lowest BCUT2D eigenvalue weighted by molar-refractivity contribution is -0.137. The molecule has 0 nitrogen and oxygen atoms in total. The SMILES string of the molecule is CCCCCCC1CCC2CC(c3ccc(C#Cc4ccc(C(F)(F)F)cc4)cc3)CCC2C1. The molecule has 34 heavy (non-hydrogen) atoms. The highest BCUT2D eigenvalue weighted by Gasteiger charge is 2.35. The molecule has 2 aromatic rings. The summed E-state index contributed by atoms with van der Waals surface area (Å²) < 4.78 is 38.1. The lowest BCUT2D eigenvalue weighted by Crippen LogP contribution is -2.30. The summed E-state index contributed by atoms with van der Waals surface area (Å²) in [4.78, 5) is 0. The lowest BCUT2D eigenvalue weighted by atomic mass is 9.63. The van der Waals surface area contributed by atoms with E-state index in [1.165, 1.54) is 88.3 Å². The average Bonchev–Trinajstić information content (AvgIpc) is 2.85. The fourth-order valence-corrected chi connectivity index (χ4v) is 6.14. The number of alkyl halides is 3. The van der Waals surface area contributed by atoms with Crippen molar-refractivity contribution in [1.82, 2.24) is 0 Å². The summed E-state index contributed by atoms with van der Waals surface area (Å²) in [5, 5.41) is 0. The Morgan fingerprint density at radius 3 is 2.00 bits per heavy atom. The number of fused-ring (bicyclic) bond motifs is 1. The molecule has 0 saturated heterocycles. The molecule has 0 N–H and O–H groups in total. The number of unbranched alkanes of at least 4 members (excludes halogenated alkanes) is 3. The molecule has 3 heteroatoms. The maximum Gasteiger partial charge on any atom is 0.416 e. The molecule has 2 aromatic carbocycles. The minimum Gasteiger partial charge on any atom is -0.166 e. The van der Waals surface area contributed by atoms with Crippen LogP contribution in [0.4, 0.5) is 13.2 Å². The molecule has 0 radical (unpaired) electrons. The zero-order chi connectivity index (χ0) is 24.0. The van der Waals surface area contributed by atoms with Crippen LogP contribution in [-0.4, -0.2) is 0 Å². The van der Waals surface area contributed by atoms with Crippen molar-refractivity contribution in [3.05, 3.63) is 70.8 Å². The molecular weight excluding hydrogens is 429 g/mol. The van der Waals surface area contributed by atoms with E-state index in [9.17, 15) is 13.2 Å². The molecule has 0 aromatic heterocycles. The first-order valence-corrected chi connectivity index (χ1v) is 13.2. The molecule has 0 heterocycles. The third kappa shape index (κ3) is 6.68. The van der Waals surface area contributed by atoms with Crippen molar-refractivity contribution in [2.45, 2.75) is 89.6 Å². The summed E-state index contributed by atoms with van der Waals surface area (Å²) >= 11 is 0. The van der Waals surface area contributed by atoms with Gasteiger partial charge in [0.15, 0.2) is 0 Å². The summed E-state index contributed by atoms with van der Waals surface area (Å²) in [6.07, 6.45) is 11.0. The van der Waals surface area contributed by atoms with Gasteiger partial charge in [0.2, 0.25) is 0 Å². The number of hydrogen-bond acceptors (Lipinski definition) is 0. The maximum atomic E-state index is 12.7. The quantitative estimate of drug-likeness (QED) is 0.294. The van der Waals surface area contributed by atoms with Crippen molar-refractivity contribution in [2.75, 3.05) is 0 Å². The van der Waals surface area contributed by atoms with Gasteiger partial charge in [0.05, 0.1) is 5.56 Å². The van der Waals surface area contributed by atoms with Gasteiger partial charge in [-0.05, 0) is 97.7 Å². The van der Waals surface area contributed by atoms with E-state index in [2.05, 4.69) is 43.0 Å². The third-order valence-electron chi connectivity index (χ3n) is 8.13. The molecule has 182 valence electrons. The Morgan fingerprint density at radius 2 is 1.35 bits per heavy atom. The van der Waals surface area contributed by atoms with Gasteiger partial charge in [0.1, 0.15) is 0 Å². The summed E-state index contributed by atoms with van der Waals surface area (Å²) in [5.74, 6) is 9.53. The van der Waals surface area contributed by atoms with Crippen molar-refractivity contribution in [1.29, 1.82) is 0 Å². The highest BCUT2D eigenvalue weighted by molar-refractivity contribution is 5.44. The van der Waals surface area contributed by atoms with E-state index in [-0.39, 0.29) is 0 Å². The van der Waals surface area contributed by atoms with Crippen molar-refractivity contribution in [3.63, 3.8) is 0 Å². The summed E-state index contributed by atoms with van der Waals surface area (Å²) in [6.45, 7) is 2.29. The van der Waals surface area contributed by atoms with E-state index in [0.717, 1.165) is 35.4 Å². The van der Waals surface area contributed by atoms with Crippen LogP contribution in [0.1, 0.15) is 106 Å². The smallest absolute Gasteiger partial charge is 0.166 e. The molecule has 4 rings (SSSR count). The molecule has 0 spiro atoms. The molecule has 2 fully saturated rings. The Kier molecular flexibility index (Phi) is 8.41. The molecular formula is C31H37F3. The minimum atomic E-state index is -4.31. The predicted molar refractivity (Wildman–Crippen MR) is 134 cm³/mol. The molecule has 4 atom stereocenters. The Labute approximate surface area is 203 Å². The first-order chi connectivity index (χ1) is 16.4. The Morgan fingerprint density at radius 1 is 0.735 bits per heavy atom. The number of rotatable bonds is 6. The van der Waals surface area contributed by atoms with Crippen LogP contribution in [0.25, 0.3) is 0 Å². The highest BCUT2D eigenvalue weighted by atomic mass is 19.4. The first-order valence-electron chi connectivity index (χ1n) is 13.2. The zero-order valence-electron chi connectivity index (χ0n) is 20.3. The van der Waals surface area contributed by atoms with Gasteiger partial charge in [-0.2, -0.15) is 13.2 Å². The second kappa shape index (κ2) is 11.5. The Bertz CT molecular complexity index is 959. The van der Waals surface area contributed by atoms with E-state index in [0.29, 0.717) is 11.5 Å². The van der Waals surface area contributed by atoms with Gasteiger partial charge in [0.25, 0.3) is 0 Å². The van der Waals surface area contributed by atoms with Crippen LogP contribution in [0, 0.1) is 29.6 Å². The fraction of sp³-hybridized carbons (Fsp3) is 0.548. The van der Waals surface area contributed by atoms with Crippen molar-refractivity contribution < 1.29 is 13.2 Å². The minimum absolute atomic E-state index is 0.594. The number of benzene rings is 2.